The number of esters is 1. The van der Waals surface area contributed by atoms with Gasteiger partial charge in [-0.3, -0.25) is 4.79 Å². The Labute approximate surface area is 66.7 Å². The maximum Gasteiger partial charge on any atom is 0.302 e. The molecule has 0 aliphatic rings. The lowest BCUT2D eigenvalue weighted by Gasteiger charge is -2.10. The highest BCUT2D eigenvalue weighted by Crippen LogP contribution is 2.04. The number of ether oxygens (including phenoxy) is 1. The van der Waals surface area contributed by atoms with Crippen LogP contribution >= 0.6 is 0 Å². The van der Waals surface area contributed by atoms with Gasteiger partial charge in [-0.2, -0.15) is 0 Å². The molecular formula is C8H14O3. The zero-order chi connectivity index (χ0) is 8.85. The van der Waals surface area contributed by atoms with Gasteiger partial charge in [-0.25, -0.2) is 0 Å². The number of hydrogen-bond acceptors (Lipinski definition) is 3. The van der Waals surface area contributed by atoms with Crippen molar-refractivity contribution in [1.29, 1.82) is 0 Å². The number of carbonyl (C=O) groups is 1. The summed E-state index contributed by atoms with van der Waals surface area (Å²) in [5.74, 6) is -0.0693. The highest BCUT2D eigenvalue weighted by molar-refractivity contribution is 5.66. The minimum atomic E-state index is -0.318. The summed E-state index contributed by atoms with van der Waals surface area (Å²) in [5.41, 5.74) is 0. The molecule has 0 rings (SSSR count). The van der Waals surface area contributed by atoms with Crippen molar-refractivity contribution >= 4 is 5.97 Å². The average Bonchev–Trinajstić information content (AvgIpc) is 1.85. The summed E-state index contributed by atoms with van der Waals surface area (Å²) in [4.78, 5) is 10.4. The highest BCUT2D eigenvalue weighted by Gasteiger charge is 2.06. The van der Waals surface area contributed by atoms with Gasteiger partial charge in [-0.1, -0.05) is 0 Å². The number of allylic oxidation sites excluding steroid dienone is 1. The summed E-state index contributed by atoms with van der Waals surface area (Å²) >= 11 is 0. The first-order valence-corrected chi connectivity index (χ1v) is 3.57. The molecule has 0 heterocycles. The van der Waals surface area contributed by atoms with Crippen molar-refractivity contribution in [3.63, 3.8) is 0 Å². The van der Waals surface area contributed by atoms with Crippen molar-refractivity contribution in [1.82, 2.24) is 0 Å². The molecule has 0 aliphatic heterocycles. The second kappa shape index (κ2) is 4.77. The molecule has 0 saturated heterocycles. The number of aliphatic hydroxyl groups excluding tert-OH is 1. The molecule has 0 aromatic heterocycles. The quantitative estimate of drug-likeness (QED) is 0.503. The summed E-state index contributed by atoms with van der Waals surface area (Å²) < 4.78 is 4.78. The van der Waals surface area contributed by atoms with E-state index in [1.54, 1.807) is 19.9 Å². The van der Waals surface area contributed by atoms with E-state index in [1.165, 1.54) is 6.92 Å². The highest BCUT2D eigenvalue weighted by atomic mass is 16.5. The van der Waals surface area contributed by atoms with Gasteiger partial charge in [0.2, 0.25) is 0 Å². The molecule has 1 atom stereocenters. The number of rotatable bonds is 3. The van der Waals surface area contributed by atoms with Crippen molar-refractivity contribution in [2.45, 2.75) is 33.3 Å². The van der Waals surface area contributed by atoms with E-state index in [9.17, 15) is 4.79 Å². The van der Waals surface area contributed by atoms with E-state index >= 15 is 0 Å². The molecule has 0 amide bonds. The van der Waals surface area contributed by atoms with Crippen LogP contribution in [0.3, 0.4) is 0 Å². The van der Waals surface area contributed by atoms with Gasteiger partial charge in [0.05, 0.1) is 5.76 Å². The SMILES string of the molecule is CC=C(O)CC(C)OC(C)=O. The van der Waals surface area contributed by atoms with E-state index < -0.39 is 0 Å². The maximum absolute atomic E-state index is 10.4. The second-order valence-corrected chi connectivity index (χ2v) is 2.40. The second-order valence-electron chi connectivity index (χ2n) is 2.40. The van der Waals surface area contributed by atoms with Gasteiger partial charge in [-0.05, 0) is 19.9 Å². The molecule has 11 heavy (non-hydrogen) atoms. The molecule has 0 radical (unpaired) electrons. The predicted molar refractivity (Wildman–Crippen MR) is 42.2 cm³/mol. The molecule has 1 unspecified atom stereocenters. The Morgan fingerprint density at radius 3 is 2.64 bits per heavy atom. The van der Waals surface area contributed by atoms with Crippen LogP contribution in [-0.4, -0.2) is 17.2 Å². The Hall–Kier alpha value is -0.990. The summed E-state index contributed by atoms with van der Waals surface area (Å²) in [6.07, 6.45) is 1.72. The van der Waals surface area contributed by atoms with Crippen molar-refractivity contribution in [3.8, 4) is 0 Å². The Morgan fingerprint density at radius 1 is 1.73 bits per heavy atom. The van der Waals surface area contributed by atoms with Crippen LogP contribution < -0.4 is 0 Å². The molecule has 64 valence electrons. The van der Waals surface area contributed by atoms with Crippen LogP contribution in [0.5, 0.6) is 0 Å². The average molecular weight is 158 g/mol. The van der Waals surface area contributed by atoms with E-state index in [1.807, 2.05) is 0 Å². The molecule has 0 bridgehead atoms. The van der Waals surface area contributed by atoms with Gasteiger partial charge < -0.3 is 9.84 Å². The predicted octanol–water partition coefficient (Wildman–Crippen LogP) is 1.79. The molecule has 1 N–H and O–H groups in total. The van der Waals surface area contributed by atoms with Crippen molar-refractivity contribution in [2.75, 3.05) is 0 Å². The van der Waals surface area contributed by atoms with E-state index in [-0.39, 0.29) is 17.8 Å². The monoisotopic (exact) mass is 158 g/mol. The molecule has 0 aromatic rings. The van der Waals surface area contributed by atoms with Crippen molar-refractivity contribution in [3.05, 3.63) is 11.8 Å². The van der Waals surface area contributed by atoms with E-state index in [0.717, 1.165) is 0 Å². The molecule has 0 fully saturated rings. The number of carbonyl (C=O) groups excluding carboxylic acids is 1. The summed E-state index contributed by atoms with van der Waals surface area (Å²) in [6.45, 7) is 4.82. The third kappa shape index (κ3) is 5.45. The standard InChI is InChI=1S/C8H14O3/c1-4-8(10)5-6(2)11-7(3)9/h4,6,10H,5H2,1-3H3. The first-order valence-electron chi connectivity index (χ1n) is 3.57. The summed E-state index contributed by atoms with van der Waals surface area (Å²) in [6, 6.07) is 0. The van der Waals surface area contributed by atoms with E-state index in [4.69, 9.17) is 9.84 Å². The minimum absolute atomic E-state index is 0.247. The lowest BCUT2D eigenvalue weighted by atomic mass is 10.2. The first kappa shape index (κ1) is 10.0. The van der Waals surface area contributed by atoms with Crippen LogP contribution in [0.25, 0.3) is 0 Å². The van der Waals surface area contributed by atoms with Crippen LogP contribution in [0, 0.1) is 0 Å². The zero-order valence-corrected chi connectivity index (χ0v) is 7.13. The fourth-order valence-corrected chi connectivity index (χ4v) is 0.737. The normalized spacial score (nSPS) is 14.3. The largest absolute Gasteiger partial charge is 0.513 e. The lowest BCUT2D eigenvalue weighted by Crippen LogP contribution is -2.12. The number of hydrogen-bond donors (Lipinski definition) is 1. The Balaban J connectivity index is 3.69. The first-order chi connectivity index (χ1) is 5.06. The Bertz CT molecular complexity index is 161. The topological polar surface area (TPSA) is 46.5 Å². The Kier molecular flexibility index (Phi) is 4.34. The summed E-state index contributed by atoms with van der Waals surface area (Å²) in [7, 11) is 0. The van der Waals surface area contributed by atoms with Gasteiger partial charge >= 0.3 is 5.97 Å². The fourth-order valence-electron chi connectivity index (χ4n) is 0.737. The maximum atomic E-state index is 10.4. The smallest absolute Gasteiger partial charge is 0.302 e. The van der Waals surface area contributed by atoms with Crippen LogP contribution in [0.15, 0.2) is 11.8 Å². The van der Waals surface area contributed by atoms with Crippen LogP contribution in [0.1, 0.15) is 27.2 Å². The molecule has 0 spiro atoms. The van der Waals surface area contributed by atoms with E-state index in [0.29, 0.717) is 6.42 Å². The van der Waals surface area contributed by atoms with Crippen LogP contribution in [-0.2, 0) is 9.53 Å². The van der Waals surface area contributed by atoms with Gasteiger partial charge in [0.1, 0.15) is 6.10 Å². The van der Waals surface area contributed by atoms with Crippen molar-refractivity contribution in [2.24, 2.45) is 0 Å². The third-order valence-electron chi connectivity index (χ3n) is 1.20. The van der Waals surface area contributed by atoms with Gasteiger partial charge in [0.25, 0.3) is 0 Å². The molecule has 3 heteroatoms. The van der Waals surface area contributed by atoms with Gasteiger partial charge in [0.15, 0.2) is 0 Å². The van der Waals surface area contributed by atoms with Crippen molar-refractivity contribution < 1.29 is 14.6 Å². The molecule has 0 aromatic carbocycles. The van der Waals surface area contributed by atoms with Gasteiger partial charge in [-0.15, -0.1) is 0 Å². The molecule has 3 nitrogen and oxygen atoms in total. The number of aliphatic hydroxyl groups is 1. The van der Waals surface area contributed by atoms with E-state index in [2.05, 4.69) is 0 Å². The van der Waals surface area contributed by atoms with Gasteiger partial charge in [0, 0.05) is 13.3 Å². The molecular weight excluding hydrogens is 144 g/mol. The molecule has 0 aliphatic carbocycles. The fraction of sp³-hybridized carbons (Fsp3) is 0.625. The Morgan fingerprint density at radius 2 is 2.27 bits per heavy atom. The third-order valence-corrected chi connectivity index (χ3v) is 1.20. The van der Waals surface area contributed by atoms with Crippen LogP contribution in [0.4, 0.5) is 0 Å². The van der Waals surface area contributed by atoms with Crippen LogP contribution in [0.2, 0.25) is 0 Å². The lowest BCUT2D eigenvalue weighted by molar-refractivity contribution is -0.145. The zero-order valence-electron chi connectivity index (χ0n) is 7.13. The summed E-state index contributed by atoms with van der Waals surface area (Å²) in [5, 5.41) is 9.01. The molecule has 0 saturated carbocycles. The minimum Gasteiger partial charge on any atom is -0.513 e.